The monoisotopic (exact) mass is 269 g/mol. The normalized spacial score (nSPS) is 24.6. The third-order valence-electron chi connectivity index (χ3n) is 4.76. The van der Waals surface area contributed by atoms with Gasteiger partial charge >= 0.3 is 0 Å². The molecule has 2 aliphatic rings. The summed E-state index contributed by atoms with van der Waals surface area (Å²) in [4.78, 5) is 5.68. The van der Waals surface area contributed by atoms with E-state index in [0.29, 0.717) is 4.99 Å². The first-order chi connectivity index (χ1) is 8.50. The molecule has 3 nitrogen and oxygen atoms in total. The van der Waals surface area contributed by atoms with Gasteiger partial charge in [-0.2, -0.15) is 0 Å². The average Bonchev–Trinajstić information content (AvgIpc) is 2.82. The Morgan fingerprint density at radius 1 is 1.17 bits per heavy atom. The zero-order valence-corrected chi connectivity index (χ0v) is 12.6. The van der Waals surface area contributed by atoms with E-state index in [2.05, 4.69) is 23.6 Å². The molecule has 2 N–H and O–H groups in total. The topological polar surface area (TPSA) is 32.5 Å². The molecular formula is C14H27N3S. The highest BCUT2D eigenvalue weighted by Crippen LogP contribution is 2.26. The van der Waals surface area contributed by atoms with Crippen LogP contribution in [0.15, 0.2) is 0 Å². The van der Waals surface area contributed by atoms with Gasteiger partial charge < -0.3 is 10.6 Å². The van der Waals surface area contributed by atoms with E-state index in [4.69, 9.17) is 18.0 Å². The van der Waals surface area contributed by atoms with Crippen LogP contribution < -0.4 is 5.73 Å². The van der Waals surface area contributed by atoms with Crippen LogP contribution in [0.25, 0.3) is 0 Å². The van der Waals surface area contributed by atoms with Gasteiger partial charge in [-0.15, -0.1) is 0 Å². The fraction of sp³-hybridized carbons (Fsp3) is 0.929. The molecule has 18 heavy (non-hydrogen) atoms. The highest BCUT2D eigenvalue weighted by atomic mass is 32.1. The van der Waals surface area contributed by atoms with Crippen molar-refractivity contribution >= 4 is 17.2 Å². The summed E-state index contributed by atoms with van der Waals surface area (Å²) in [5.74, 6) is 0.958. The van der Waals surface area contributed by atoms with E-state index in [9.17, 15) is 0 Å². The summed E-state index contributed by atoms with van der Waals surface area (Å²) in [5, 5.41) is 0. The van der Waals surface area contributed by atoms with Crippen LogP contribution in [0.1, 0.15) is 39.5 Å². The molecule has 0 spiro atoms. The second kappa shape index (κ2) is 5.85. The van der Waals surface area contributed by atoms with Gasteiger partial charge in [0, 0.05) is 32.7 Å². The largest absolute Gasteiger partial charge is 0.392 e. The minimum atomic E-state index is -0.130. The van der Waals surface area contributed by atoms with Crippen LogP contribution in [0.2, 0.25) is 0 Å². The van der Waals surface area contributed by atoms with Gasteiger partial charge in [0.1, 0.15) is 0 Å². The maximum Gasteiger partial charge on any atom is 0.0928 e. The molecule has 0 radical (unpaired) electrons. The van der Waals surface area contributed by atoms with Crippen LogP contribution in [0, 0.1) is 5.92 Å². The van der Waals surface area contributed by atoms with Crippen molar-refractivity contribution in [2.24, 2.45) is 11.7 Å². The van der Waals surface area contributed by atoms with Gasteiger partial charge in [0.25, 0.3) is 0 Å². The molecule has 0 bridgehead atoms. The van der Waals surface area contributed by atoms with Gasteiger partial charge in [0.15, 0.2) is 0 Å². The Hall–Kier alpha value is -0.190. The fourth-order valence-electron chi connectivity index (χ4n) is 3.20. The molecule has 0 aromatic carbocycles. The zero-order chi connectivity index (χ0) is 13.2. The summed E-state index contributed by atoms with van der Waals surface area (Å²) in [6, 6.07) is 0. The van der Waals surface area contributed by atoms with Crippen LogP contribution in [-0.4, -0.2) is 53.1 Å². The predicted octanol–water partition coefficient (Wildman–Crippen LogP) is 1.86. The molecule has 2 fully saturated rings. The van der Waals surface area contributed by atoms with Crippen molar-refractivity contribution < 1.29 is 0 Å². The van der Waals surface area contributed by atoms with Crippen LogP contribution in [0.4, 0.5) is 0 Å². The van der Waals surface area contributed by atoms with Crippen LogP contribution in [0.5, 0.6) is 0 Å². The molecule has 1 saturated carbocycles. The number of nitrogens with two attached hydrogens (primary N) is 1. The molecule has 0 atom stereocenters. The number of hydrogen-bond donors (Lipinski definition) is 1. The quantitative estimate of drug-likeness (QED) is 0.790. The Bertz CT molecular complexity index is 289. The van der Waals surface area contributed by atoms with Crippen molar-refractivity contribution in [3.8, 4) is 0 Å². The molecule has 1 heterocycles. The summed E-state index contributed by atoms with van der Waals surface area (Å²) in [6.45, 7) is 10.1. The van der Waals surface area contributed by atoms with Gasteiger partial charge in [0.05, 0.1) is 10.5 Å². The van der Waals surface area contributed by atoms with E-state index >= 15 is 0 Å². The molecule has 0 unspecified atom stereocenters. The molecule has 0 amide bonds. The van der Waals surface area contributed by atoms with E-state index in [1.807, 2.05) is 0 Å². The van der Waals surface area contributed by atoms with Gasteiger partial charge in [-0.05, 0) is 32.6 Å². The van der Waals surface area contributed by atoms with E-state index < -0.39 is 0 Å². The number of rotatable bonds is 4. The molecular weight excluding hydrogens is 242 g/mol. The van der Waals surface area contributed by atoms with Crippen molar-refractivity contribution in [1.82, 2.24) is 9.80 Å². The molecule has 0 aromatic heterocycles. The van der Waals surface area contributed by atoms with Gasteiger partial charge in [0.2, 0.25) is 0 Å². The van der Waals surface area contributed by atoms with Crippen LogP contribution >= 0.6 is 12.2 Å². The number of hydrogen-bond acceptors (Lipinski definition) is 3. The summed E-state index contributed by atoms with van der Waals surface area (Å²) in [7, 11) is 0. The van der Waals surface area contributed by atoms with Gasteiger partial charge in [-0.25, -0.2) is 0 Å². The average molecular weight is 269 g/mol. The van der Waals surface area contributed by atoms with Crippen molar-refractivity contribution in [2.75, 3.05) is 32.7 Å². The molecule has 0 aromatic rings. The van der Waals surface area contributed by atoms with Crippen molar-refractivity contribution in [3.63, 3.8) is 0 Å². The van der Waals surface area contributed by atoms with Gasteiger partial charge in [-0.1, -0.05) is 25.1 Å². The first-order valence-electron chi connectivity index (χ1n) is 7.27. The lowest BCUT2D eigenvalue weighted by Gasteiger charge is -2.44. The van der Waals surface area contributed by atoms with Crippen LogP contribution in [-0.2, 0) is 0 Å². The van der Waals surface area contributed by atoms with E-state index in [1.54, 1.807) is 0 Å². The minimum Gasteiger partial charge on any atom is -0.392 e. The lowest BCUT2D eigenvalue weighted by atomic mass is 10.0. The number of nitrogens with zero attached hydrogens (tertiary/aromatic N) is 2. The molecule has 104 valence electrons. The Balaban J connectivity index is 1.78. The Kier molecular flexibility index (Phi) is 4.62. The summed E-state index contributed by atoms with van der Waals surface area (Å²) in [5.41, 5.74) is 5.71. The summed E-state index contributed by atoms with van der Waals surface area (Å²) < 4.78 is 0. The Labute approximate surface area is 117 Å². The first-order valence-corrected chi connectivity index (χ1v) is 7.68. The van der Waals surface area contributed by atoms with Crippen LogP contribution in [0.3, 0.4) is 0 Å². The standard InChI is InChI=1S/C14H27N3S/c1-14(2,13(15)18)17-9-7-16(8-10-17)11-12-5-3-4-6-12/h12H,3-11H2,1-2H3,(H2,15,18). The first kappa shape index (κ1) is 14.2. The second-order valence-electron chi connectivity index (χ2n) is 6.36. The third-order valence-corrected chi connectivity index (χ3v) is 5.26. The SMILES string of the molecule is CC(C)(C(N)=S)N1CCN(CC2CCCC2)CC1. The Morgan fingerprint density at radius 3 is 2.22 bits per heavy atom. The van der Waals surface area contributed by atoms with E-state index in [0.717, 1.165) is 19.0 Å². The zero-order valence-electron chi connectivity index (χ0n) is 11.8. The molecule has 1 saturated heterocycles. The van der Waals surface area contributed by atoms with E-state index in [1.165, 1.54) is 45.3 Å². The predicted molar refractivity (Wildman–Crippen MR) is 80.8 cm³/mol. The van der Waals surface area contributed by atoms with E-state index in [-0.39, 0.29) is 5.54 Å². The van der Waals surface area contributed by atoms with Crippen molar-refractivity contribution in [2.45, 2.75) is 45.1 Å². The summed E-state index contributed by atoms with van der Waals surface area (Å²) in [6.07, 6.45) is 5.77. The second-order valence-corrected chi connectivity index (χ2v) is 6.80. The fourth-order valence-corrected chi connectivity index (χ4v) is 3.33. The van der Waals surface area contributed by atoms with Gasteiger partial charge in [-0.3, -0.25) is 4.90 Å². The molecule has 4 heteroatoms. The highest BCUT2D eigenvalue weighted by molar-refractivity contribution is 7.80. The lowest BCUT2D eigenvalue weighted by Crippen LogP contribution is -2.59. The third kappa shape index (κ3) is 3.22. The van der Waals surface area contributed by atoms with Crippen molar-refractivity contribution in [3.05, 3.63) is 0 Å². The maximum absolute atomic E-state index is 5.84. The van der Waals surface area contributed by atoms with Crippen molar-refractivity contribution in [1.29, 1.82) is 0 Å². The molecule has 2 rings (SSSR count). The lowest BCUT2D eigenvalue weighted by molar-refractivity contribution is 0.0773. The smallest absolute Gasteiger partial charge is 0.0928 e. The summed E-state index contributed by atoms with van der Waals surface area (Å²) >= 11 is 5.18. The molecule has 1 aliphatic carbocycles. The number of thiocarbonyl (C=S) groups is 1. The number of piperazine rings is 1. The molecule has 1 aliphatic heterocycles. The Morgan fingerprint density at radius 2 is 1.72 bits per heavy atom. The minimum absolute atomic E-state index is 0.130. The maximum atomic E-state index is 5.84. The highest BCUT2D eigenvalue weighted by Gasteiger charge is 2.32.